The average molecular weight is 548 g/mol. The number of benzene rings is 2. The standard InChI is InChI=1S/C29H28F3N7O/c1-18-14-22-21(26(33)40)8-5-9-24(22)38(18)28-35-27(34-15-19-6-3-2-4-7-19)25-11-10-23(39(25)36-28)20-12-13-37(16-20)17-29(30,31)32/h2-11,14,20H,12-13,15-17H2,1H3,(H2,33,40)(H,34,35,36). The molecule has 0 aliphatic carbocycles. The molecule has 1 amide bonds. The number of aromatic nitrogens is 4. The molecule has 4 heterocycles. The highest BCUT2D eigenvalue weighted by atomic mass is 19.4. The number of rotatable bonds is 7. The summed E-state index contributed by atoms with van der Waals surface area (Å²) in [6.45, 7) is 2.16. The van der Waals surface area contributed by atoms with Crippen LogP contribution in [0.2, 0.25) is 0 Å². The Morgan fingerprint density at radius 2 is 1.88 bits per heavy atom. The summed E-state index contributed by atoms with van der Waals surface area (Å²) in [6.07, 6.45) is -3.64. The van der Waals surface area contributed by atoms with Gasteiger partial charge >= 0.3 is 6.18 Å². The number of hydrogen-bond donors (Lipinski definition) is 2. The van der Waals surface area contributed by atoms with Gasteiger partial charge in [0, 0.05) is 41.3 Å². The zero-order valence-corrected chi connectivity index (χ0v) is 21.8. The maximum absolute atomic E-state index is 13.1. The van der Waals surface area contributed by atoms with E-state index in [-0.39, 0.29) is 5.92 Å². The molecule has 1 unspecified atom stereocenters. The van der Waals surface area contributed by atoms with Crippen molar-refractivity contribution >= 4 is 28.1 Å². The second kappa shape index (κ2) is 9.98. The Labute approximate surface area is 228 Å². The van der Waals surface area contributed by atoms with Crippen molar-refractivity contribution in [1.82, 2.24) is 24.1 Å². The first-order chi connectivity index (χ1) is 19.2. The third-order valence-electron chi connectivity index (χ3n) is 7.42. The number of anilines is 1. The molecule has 2 aromatic carbocycles. The van der Waals surface area contributed by atoms with Crippen molar-refractivity contribution in [2.75, 3.05) is 25.0 Å². The molecule has 3 N–H and O–H groups in total. The minimum Gasteiger partial charge on any atom is -0.366 e. The van der Waals surface area contributed by atoms with Gasteiger partial charge in [0.15, 0.2) is 5.82 Å². The molecule has 3 aromatic heterocycles. The fourth-order valence-corrected chi connectivity index (χ4v) is 5.63. The number of alkyl halides is 3. The highest BCUT2D eigenvalue weighted by molar-refractivity contribution is 6.06. The minimum atomic E-state index is -4.24. The smallest absolute Gasteiger partial charge is 0.366 e. The van der Waals surface area contributed by atoms with E-state index in [0.717, 1.165) is 28.0 Å². The third-order valence-corrected chi connectivity index (χ3v) is 7.42. The number of nitrogens with two attached hydrogens (primary N) is 1. The quantitative estimate of drug-likeness (QED) is 0.298. The van der Waals surface area contributed by atoms with Crippen LogP contribution in [0.5, 0.6) is 0 Å². The van der Waals surface area contributed by atoms with Crippen molar-refractivity contribution < 1.29 is 18.0 Å². The molecule has 0 bridgehead atoms. The molecule has 5 aromatic rings. The van der Waals surface area contributed by atoms with Crippen LogP contribution in [0.4, 0.5) is 19.0 Å². The summed E-state index contributed by atoms with van der Waals surface area (Å²) in [5.74, 6) is 0.331. The lowest BCUT2D eigenvalue weighted by Crippen LogP contribution is -2.32. The molecule has 0 saturated carbocycles. The normalized spacial score (nSPS) is 16.2. The number of amides is 1. The van der Waals surface area contributed by atoms with Crippen LogP contribution in [0.15, 0.2) is 66.7 Å². The van der Waals surface area contributed by atoms with Crippen molar-refractivity contribution in [2.45, 2.75) is 32.0 Å². The molecule has 11 heteroatoms. The summed E-state index contributed by atoms with van der Waals surface area (Å²) in [5.41, 5.74) is 10.2. The van der Waals surface area contributed by atoms with E-state index in [1.807, 2.05) is 66.1 Å². The Hall–Kier alpha value is -4.38. The second-order valence-corrected chi connectivity index (χ2v) is 10.2. The Morgan fingerprint density at radius 3 is 2.62 bits per heavy atom. The van der Waals surface area contributed by atoms with Crippen molar-refractivity contribution in [1.29, 1.82) is 0 Å². The summed E-state index contributed by atoms with van der Waals surface area (Å²) < 4.78 is 42.8. The van der Waals surface area contributed by atoms with Gasteiger partial charge in [0.25, 0.3) is 5.95 Å². The molecular formula is C29H28F3N7O. The second-order valence-electron chi connectivity index (χ2n) is 10.2. The molecule has 206 valence electrons. The largest absolute Gasteiger partial charge is 0.401 e. The van der Waals surface area contributed by atoms with Gasteiger partial charge in [-0.05, 0) is 55.8 Å². The zero-order valence-electron chi connectivity index (χ0n) is 21.8. The van der Waals surface area contributed by atoms with E-state index in [1.54, 1.807) is 16.6 Å². The Morgan fingerprint density at radius 1 is 1.07 bits per heavy atom. The molecule has 1 aliphatic heterocycles. The van der Waals surface area contributed by atoms with Gasteiger partial charge in [-0.25, -0.2) is 4.52 Å². The Kier molecular flexibility index (Phi) is 6.46. The van der Waals surface area contributed by atoms with Crippen LogP contribution in [-0.4, -0.2) is 55.8 Å². The molecule has 0 radical (unpaired) electrons. The molecule has 1 fully saturated rings. The van der Waals surface area contributed by atoms with E-state index in [2.05, 4.69) is 5.32 Å². The SMILES string of the molecule is Cc1cc2c(C(N)=O)cccc2n1-c1nc(NCc2ccccc2)c2ccc(C3CCN(CC(F)(F)F)C3)n2n1. The highest BCUT2D eigenvalue weighted by Gasteiger charge is 2.35. The van der Waals surface area contributed by atoms with Gasteiger partial charge in [0.2, 0.25) is 5.91 Å². The maximum atomic E-state index is 13.1. The van der Waals surface area contributed by atoms with Crippen LogP contribution < -0.4 is 11.1 Å². The number of aryl methyl sites for hydroxylation is 1. The van der Waals surface area contributed by atoms with E-state index >= 15 is 0 Å². The summed E-state index contributed by atoms with van der Waals surface area (Å²) >= 11 is 0. The fraction of sp³-hybridized carbons (Fsp3) is 0.276. The van der Waals surface area contributed by atoms with E-state index < -0.39 is 18.6 Å². The van der Waals surface area contributed by atoms with Crippen LogP contribution in [0.3, 0.4) is 0 Å². The van der Waals surface area contributed by atoms with Crippen molar-refractivity contribution in [2.24, 2.45) is 5.73 Å². The number of halogens is 3. The van der Waals surface area contributed by atoms with Crippen molar-refractivity contribution in [3.63, 3.8) is 0 Å². The van der Waals surface area contributed by atoms with E-state index in [9.17, 15) is 18.0 Å². The average Bonchev–Trinajstić information content (AvgIpc) is 3.62. The first-order valence-electron chi connectivity index (χ1n) is 13.1. The number of hydrogen-bond acceptors (Lipinski definition) is 5. The summed E-state index contributed by atoms with van der Waals surface area (Å²) in [7, 11) is 0. The minimum absolute atomic E-state index is 0.112. The maximum Gasteiger partial charge on any atom is 0.401 e. The van der Waals surface area contributed by atoms with Crippen LogP contribution in [0.25, 0.3) is 22.4 Å². The molecule has 8 nitrogen and oxygen atoms in total. The molecule has 0 spiro atoms. The van der Waals surface area contributed by atoms with Crippen molar-refractivity contribution in [3.05, 3.63) is 89.2 Å². The molecule has 1 saturated heterocycles. The topological polar surface area (TPSA) is 93.5 Å². The number of carbonyl (C=O) groups is 1. The lowest BCUT2D eigenvalue weighted by Gasteiger charge is -2.18. The first-order valence-corrected chi connectivity index (χ1v) is 13.1. The zero-order chi connectivity index (χ0) is 28.0. The number of fused-ring (bicyclic) bond motifs is 2. The number of likely N-dealkylation sites (tertiary alicyclic amines) is 1. The van der Waals surface area contributed by atoms with Crippen LogP contribution in [0.1, 0.15) is 39.6 Å². The highest BCUT2D eigenvalue weighted by Crippen LogP contribution is 2.33. The number of nitrogens with zero attached hydrogens (tertiary/aromatic N) is 5. The predicted octanol–water partition coefficient (Wildman–Crippen LogP) is 5.04. The lowest BCUT2D eigenvalue weighted by atomic mass is 10.1. The summed E-state index contributed by atoms with van der Waals surface area (Å²) in [5, 5.41) is 9.02. The molecule has 40 heavy (non-hydrogen) atoms. The lowest BCUT2D eigenvalue weighted by molar-refractivity contribution is -0.143. The van der Waals surface area contributed by atoms with Crippen LogP contribution >= 0.6 is 0 Å². The van der Waals surface area contributed by atoms with Crippen LogP contribution in [0, 0.1) is 6.92 Å². The van der Waals surface area contributed by atoms with Gasteiger partial charge in [-0.2, -0.15) is 18.2 Å². The monoisotopic (exact) mass is 547 g/mol. The van der Waals surface area contributed by atoms with E-state index in [4.69, 9.17) is 15.8 Å². The number of carbonyl (C=O) groups excluding carboxylic acids is 1. The van der Waals surface area contributed by atoms with E-state index in [0.29, 0.717) is 48.8 Å². The Balaban J connectivity index is 1.46. The molecule has 1 atom stereocenters. The van der Waals surface area contributed by atoms with E-state index in [1.165, 1.54) is 4.90 Å². The van der Waals surface area contributed by atoms with Gasteiger partial charge in [-0.3, -0.25) is 14.3 Å². The first kappa shape index (κ1) is 25.9. The molecule has 1 aliphatic rings. The van der Waals surface area contributed by atoms with Gasteiger partial charge in [-0.15, -0.1) is 5.10 Å². The van der Waals surface area contributed by atoms with Gasteiger partial charge < -0.3 is 11.1 Å². The van der Waals surface area contributed by atoms with Crippen LogP contribution in [-0.2, 0) is 6.54 Å². The number of nitrogens with one attached hydrogen (secondary N) is 1. The molecular weight excluding hydrogens is 519 g/mol. The predicted molar refractivity (Wildman–Crippen MR) is 147 cm³/mol. The molecule has 6 rings (SSSR count). The number of primary amides is 1. The Bertz CT molecular complexity index is 1710. The summed E-state index contributed by atoms with van der Waals surface area (Å²) in [4.78, 5) is 18.4. The fourth-order valence-electron chi connectivity index (χ4n) is 5.63. The van der Waals surface area contributed by atoms with Crippen molar-refractivity contribution in [3.8, 4) is 5.95 Å². The summed E-state index contributed by atoms with van der Waals surface area (Å²) in [6, 6.07) is 20.9. The third kappa shape index (κ3) is 4.88. The van der Waals surface area contributed by atoms with Gasteiger partial charge in [-0.1, -0.05) is 36.4 Å². The van der Waals surface area contributed by atoms with Gasteiger partial charge in [0.1, 0.15) is 5.52 Å². The van der Waals surface area contributed by atoms with Gasteiger partial charge in [0.05, 0.1) is 12.1 Å².